The van der Waals surface area contributed by atoms with Crippen LogP contribution in [0.5, 0.6) is 5.75 Å². The second-order valence-corrected chi connectivity index (χ2v) is 4.38. The van der Waals surface area contributed by atoms with E-state index in [1.165, 1.54) is 0 Å². The van der Waals surface area contributed by atoms with Gasteiger partial charge in [0.05, 0.1) is 0 Å². The van der Waals surface area contributed by atoms with Crippen LogP contribution in [0.1, 0.15) is 12.0 Å². The fourth-order valence-electron chi connectivity index (χ4n) is 1.76. The van der Waals surface area contributed by atoms with Crippen molar-refractivity contribution < 1.29 is 5.11 Å². The van der Waals surface area contributed by atoms with Crippen molar-refractivity contribution in [2.24, 2.45) is 0 Å². The summed E-state index contributed by atoms with van der Waals surface area (Å²) in [7, 11) is 0. The molecule has 78 valence electrons. The second-order valence-electron chi connectivity index (χ2n) is 3.59. The first kappa shape index (κ1) is 10.5. The van der Waals surface area contributed by atoms with Gasteiger partial charge in [0, 0.05) is 10.7 Å². The second kappa shape index (κ2) is 4.67. The summed E-state index contributed by atoms with van der Waals surface area (Å²) in [6.07, 6.45) is 1.97. The highest BCUT2D eigenvalue weighted by atomic mass is 79.9. The minimum atomic E-state index is 0.439. The van der Waals surface area contributed by atoms with Crippen LogP contribution < -0.4 is 0 Å². The van der Waals surface area contributed by atoms with E-state index in [0.717, 1.165) is 34.5 Å². The first-order valence-electron chi connectivity index (χ1n) is 5.08. The molecule has 0 aromatic heterocycles. The molecule has 0 aliphatic carbocycles. The largest absolute Gasteiger partial charge is 0.507 e. The quantitative estimate of drug-likeness (QED) is 0.835. The highest BCUT2D eigenvalue weighted by Crippen LogP contribution is 2.29. The van der Waals surface area contributed by atoms with Crippen LogP contribution in [-0.2, 0) is 6.42 Å². The van der Waals surface area contributed by atoms with Gasteiger partial charge in [-0.1, -0.05) is 52.3 Å². The zero-order valence-corrected chi connectivity index (χ0v) is 10.00. The third kappa shape index (κ3) is 2.15. The zero-order chi connectivity index (χ0) is 10.7. The molecule has 0 aliphatic heterocycles. The van der Waals surface area contributed by atoms with E-state index in [4.69, 9.17) is 0 Å². The van der Waals surface area contributed by atoms with Crippen LogP contribution in [0.2, 0.25) is 0 Å². The molecule has 0 unspecified atom stereocenters. The Morgan fingerprint density at radius 1 is 1.07 bits per heavy atom. The lowest BCUT2D eigenvalue weighted by Gasteiger charge is -2.06. The Morgan fingerprint density at radius 3 is 2.67 bits per heavy atom. The first-order chi connectivity index (χ1) is 7.33. The van der Waals surface area contributed by atoms with E-state index < -0.39 is 0 Å². The molecule has 0 bridgehead atoms. The molecule has 0 heterocycles. The van der Waals surface area contributed by atoms with Gasteiger partial charge in [0.2, 0.25) is 0 Å². The molecule has 1 N–H and O–H groups in total. The van der Waals surface area contributed by atoms with Crippen LogP contribution in [0.15, 0.2) is 36.4 Å². The molecule has 0 saturated heterocycles. The number of hydrogen-bond acceptors (Lipinski definition) is 1. The molecule has 1 nitrogen and oxygen atoms in total. The van der Waals surface area contributed by atoms with Crippen LogP contribution in [0.25, 0.3) is 10.8 Å². The van der Waals surface area contributed by atoms with Gasteiger partial charge in [-0.15, -0.1) is 0 Å². The van der Waals surface area contributed by atoms with E-state index in [0.29, 0.717) is 5.75 Å². The normalized spacial score (nSPS) is 10.7. The summed E-state index contributed by atoms with van der Waals surface area (Å²) in [6.45, 7) is 0. The topological polar surface area (TPSA) is 20.2 Å². The van der Waals surface area contributed by atoms with Crippen molar-refractivity contribution in [3.63, 3.8) is 0 Å². The molecule has 0 fully saturated rings. The Hall–Kier alpha value is -1.02. The molecule has 2 heteroatoms. The van der Waals surface area contributed by atoms with Crippen molar-refractivity contribution in [1.29, 1.82) is 0 Å². The predicted octanol–water partition coefficient (Wildman–Crippen LogP) is 3.87. The fourth-order valence-corrected chi connectivity index (χ4v) is 2.04. The molecular formula is C13H13BrO. The molecule has 15 heavy (non-hydrogen) atoms. The number of alkyl halides is 1. The number of hydrogen-bond donors (Lipinski definition) is 1. The van der Waals surface area contributed by atoms with Crippen molar-refractivity contribution in [2.75, 3.05) is 5.33 Å². The van der Waals surface area contributed by atoms with Crippen LogP contribution in [0.4, 0.5) is 0 Å². The highest BCUT2D eigenvalue weighted by molar-refractivity contribution is 9.09. The number of benzene rings is 2. The lowest BCUT2D eigenvalue weighted by Crippen LogP contribution is -1.88. The molecule has 0 spiro atoms. The Labute approximate surface area is 97.9 Å². The first-order valence-corrected chi connectivity index (χ1v) is 6.20. The number of rotatable bonds is 3. The molecular weight excluding hydrogens is 252 g/mol. The minimum absolute atomic E-state index is 0.439. The minimum Gasteiger partial charge on any atom is -0.507 e. The lowest BCUT2D eigenvalue weighted by atomic mass is 10.0. The summed E-state index contributed by atoms with van der Waals surface area (Å²) in [5.74, 6) is 0.439. The predicted molar refractivity (Wildman–Crippen MR) is 67.7 cm³/mol. The van der Waals surface area contributed by atoms with Gasteiger partial charge < -0.3 is 5.11 Å². The monoisotopic (exact) mass is 264 g/mol. The number of fused-ring (bicyclic) bond motifs is 1. The van der Waals surface area contributed by atoms with Gasteiger partial charge in [0.1, 0.15) is 5.75 Å². The number of phenols is 1. The lowest BCUT2D eigenvalue weighted by molar-refractivity contribution is 0.474. The molecule has 0 amide bonds. The third-order valence-electron chi connectivity index (χ3n) is 2.56. The maximum atomic E-state index is 10.1. The van der Waals surface area contributed by atoms with Crippen LogP contribution in [0, 0.1) is 0 Å². The maximum Gasteiger partial charge on any atom is 0.126 e. The summed E-state index contributed by atoms with van der Waals surface area (Å²) >= 11 is 3.40. The van der Waals surface area contributed by atoms with E-state index in [-0.39, 0.29) is 0 Å². The van der Waals surface area contributed by atoms with Gasteiger partial charge >= 0.3 is 0 Å². The molecule has 0 aliphatic rings. The Morgan fingerprint density at radius 2 is 1.87 bits per heavy atom. The van der Waals surface area contributed by atoms with Gasteiger partial charge in [-0.05, 0) is 23.8 Å². The van der Waals surface area contributed by atoms with Gasteiger partial charge in [-0.25, -0.2) is 0 Å². The summed E-state index contributed by atoms with van der Waals surface area (Å²) in [5, 5.41) is 13.1. The van der Waals surface area contributed by atoms with Crippen molar-refractivity contribution in [3.8, 4) is 5.75 Å². The smallest absolute Gasteiger partial charge is 0.126 e. The van der Waals surface area contributed by atoms with E-state index >= 15 is 0 Å². The summed E-state index contributed by atoms with van der Waals surface area (Å²) in [4.78, 5) is 0. The van der Waals surface area contributed by atoms with E-state index in [9.17, 15) is 5.11 Å². The average molecular weight is 265 g/mol. The Balaban J connectivity index is 2.45. The molecule has 2 rings (SSSR count). The summed E-state index contributed by atoms with van der Waals surface area (Å²) in [6, 6.07) is 12.0. The molecule has 0 atom stereocenters. The highest BCUT2D eigenvalue weighted by Gasteiger charge is 2.04. The molecule has 2 aromatic rings. The zero-order valence-electron chi connectivity index (χ0n) is 8.41. The van der Waals surface area contributed by atoms with Crippen molar-refractivity contribution in [1.82, 2.24) is 0 Å². The van der Waals surface area contributed by atoms with Gasteiger partial charge in [-0.3, -0.25) is 0 Å². The third-order valence-corrected chi connectivity index (χ3v) is 3.12. The number of phenolic OH excluding ortho intramolecular Hbond substituents is 1. The van der Waals surface area contributed by atoms with Gasteiger partial charge in [0.25, 0.3) is 0 Å². The van der Waals surface area contributed by atoms with Crippen LogP contribution >= 0.6 is 15.9 Å². The van der Waals surface area contributed by atoms with E-state index in [1.807, 2.05) is 30.3 Å². The average Bonchev–Trinajstić information content (AvgIpc) is 2.29. The fraction of sp³-hybridized carbons (Fsp3) is 0.231. The summed E-state index contributed by atoms with van der Waals surface area (Å²) < 4.78 is 0. The van der Waals surface area contributed by atoms with E-state index in [1.54, 1.807) is 0 Å². The van der Waals surface area contributed by atoms with Crippen molar-refractivity contribution in [2.45, 2.75) is 12.8 Å². The number of halogens is 1. The standard InChI is InChI=1S/C13H13BrO/c14-9-3-5-11-8-7-10-4-1-2-6-12(10)13(11)15/h1-2,4,6-8,15H,3,5,9H2. The molecule has 0 radical (unpaired) electrons. The molecule has 0 saturated carbocycles. The van der Waals surface area contributed by atoms with Crippen molar-refractivity contribution in [3.05, 3.63) is 42.0 Å². The van der Waals surface area contributed by atoms with Crippen LogP contribution in [0.3, 0.4) is 0 Å². The SMILES string of the molecule is Oc1c(CCCBr)ccc2ccccc12. The summed E-state index contributed by atoms with van der Waals surface area (Å²) in [5.41, 5.74) is 1.04. The number of aryl methyl sites for hydroxylation is 1. The Bertz CT molecular complexity index is 465. The number of aromatic hydroxyl groups is 1. The van der Waals surface area contributed by atoms with Gasteiger partial charge in [-0.2, -0.15) is 0 Å². The van der Waals surface area contributed by atoms with E-state index in [2.05, 4.69) is 22.0 Å². The van der Waals surface area contributed by atoms with Crippen molar-refractivity contribution >= 4 is 26.7 Å². The van der Waals surface area contributed by atoms with Crippen LogP contribution in [-0.4, -0.2) is 10.4 Å². The maximum absolute atomic E-state index is 10.1. The molecule has 2 aromatic carbocycles. The Kier molecular flexibility index (Phi) is 3.27. The van der Waals surface area contributed by atoms with Gasteiger partial charge in [0.15, 0.2) is 0 Å².